The van der Waals surface area contributed by atoms with E-state index in [1.54, 1.807) is 6.20 Å². The quantitative estimate of drug-likeness (QED) is 0.880. The molecule has 0 saturated carbocycles. The van der Waals surface area contributed by atoms with E-state index < -0.39 is 0 Å². The highest BCUT2D eigenvalue weighted by Crippen LogP contribution is 2.23. The van der Waals surface area contributed by atoms with E-state index in [0.29, 0.717) is 0 Å². The van der Waals surface area contributed by atoms with Crippen LogP contribution in [0.25, 0.3) is 5.69 Å². The zero-order valence-electron chi connectivity index (χ0n) is 10.6. The lowest BCUT2D eigenvalue weighted by molar-refractivity contribution is 0.785. The maximum Gasteiger partial charge on any atom is 0.0862 e. The molecule has 0 aliphatic carbocycles. The first kappa shape index (κ1) is 11.6. The molecule has 2 aromatic heterocycles. The fourth-order valence-electron chi connectivity index (χ4n) is 1.99. The van der Waals surface area contributed by atoms with Gasteiger partial charge in [-0.1, -0.05) is 13.8 Å². The molecule has 0 aromatic carbocycles. The van der Waals surface area contributed by atoms with Crippen LogP contribution in [0.1, 0.15) is 30.8 Å². The van der Waals surface area contributed by atoms with Gasteiger partial charge in [0.1, 0.15) is 0 Å². The largest absolute Gasteiger partial charge is 0.396 e. The first-order valence-electron chi connectivity index (χ1n) is 5.96. The van der Waals surface area contributed by atoms with Gasteiger partial charge in [-0.15, -0.1) is 0 Å². The molecule has 0 spiro atoms. The molecule has 0 aliphatic heterocycles. The Labute approximate surface area is 101 Å². The molecule has 0 saturated heterocycles. The second-order valence-corrected chi connectivity index (χ2v) is 4.09. The van der Waals surface area contributed by atoms with Crippen molar-refractivity contribution in [1.29, 1.82) is 0 Å². The van der Waals surface area contributed by atoms with Gasteiger partial charge in [0, 0.05) is 6.20 Å². The van der Waals surface area contributed by atoms with Crippen molar-refractivity contribution >= 4 is 5.69 Å². The standard InChI is InChI=1S/C13H18N4/c1-4-10-13(14)11(5-2)17(16-10)12-8-15-7-6-9(12)3/h6-8H,4-5,14H2,1-3H3. The van der Waals surface area contributed by atoms with Gasteiger partial charge in [-0.05, 0) is 31.4 Å². The number of aryl methyl sites for hydroxylation is 2. The van der Waals surface area contributed by atoms with Crippen LogP contribution in [0.15, 0.2) is 18.5 Å². The minimum atomic E-state index is 0.818. The van der Waals surface area contributed by atoms with Gasteiger partial charge in [-0.25, -0.2) is 4.68 Å². The van der Waals surface area contributed by atoms with Gasteiger partial charge in [-0.2, -0.15) is 5.10 Å². The Bertz CT molecular complexity index is 528. The number of pyridine rings is 1. The summed E-state index contributed by atoms with van der Waals surface area (Å²) >= 11 is 0. The summed E-state index contributed by atoms with van der Waals surface area (Å²) in [7, 11) is 0. The number of aromatic nitrogens is 3. The van der Waals surface area contributed by atoms with Gasteiger partial charge in [0.2, 0.25) is 0 Å². The first-order valence-corrected chi connectivity index (χ1v) is 5.96. The van der Waals surface area contributed by atoms with Crippen LogP contribution >= 0.6 is 0 Å². The number of nitrogen functional groups attached to an aromatic ring is 1. The van der Waals surface area contributed by atoms with Crippen molar-refractivity contribution in [2.45, 2.75) is 33.6 Å². The van der Waals surface area contributed by atoms with E-state index in [2.05, 4.69) is 30.9 Å². The minimum absolute atomic E-state index is 0.818. The Balaban J connectivity index is 2.63. The Hall–Kier alpha value is -1.84. The molecule has 0 atom stereocenters. The summed E-state index contributed by atoms with van der Waals surface area (Å²) in [6.07, 6.45) is 5.34. The average molecular weight is 230 g/mol. The maximum atomic E-state index is 6.11. The van der Waals surface area contributed by atoms with E-state index in [4.69, 9.17) is 5.73 Å². The number of nitrogens with zero attached hydrogens (tertiary/aromatic N) is 3. The van der Waals surface area contributed by atoms with Crippen molar-refractivity contribution < 1.29 is 0 Å². The Morgan fingerprint density at radius 2 is 2.06 bits per heavy atom. The Morgan fingerprint density at radius 3 is 2.65 bits per heavy atom. The molecule has 0 unspecified atom stereocenters. The normalized spacial score (nSPS) is 10.8. The molecule has 2 heterocycles. The minimum Gasteiger partial charge on any atom is -0.396 e. The van der Waals surface area contributed by atoms with E-state index in [1.165, 1.54) is 0 Å². The molecule has 4 nitrogen and oxygen atoms in total. The van der Waals surface area contributed by atoms with Crippen molar-refractivity contribution in [3.8, 4) is 5.69 Å². The number of hydrogen-bond donors (Lipinski definition) is 1. The zero-order chi connectivity index (χ0) is 12.4. The summed E-state index contributed by atoms with van der Waals surface area (Å²) < 4.78 is 1.93. The lowest BCUT2D eigenvalue weighted by Crippen LogP contribution is -2.05. The number of anilines is 1. The molecule has 17 heavy (non-hydrogen) atoms. The second kappa shape index (κ2) is 4.57. The highest BCUT2D eigenvalue weighted by atomic mass is 15.3. The highest BCUT2D eigenvalue weighted by molar-refractivity contribution is 5.52. The molecule has 2 rings (SSSR count). The van der Waals surface area contributed by atoms with Gasteiger partial charge in [0.15, 0.2) is 0 Å². The van der Waals surface area contributed by atoms with E-state index in [1.807, 2.05) is 16.9 Å². The van der Waals surface area contributed by atoms with Crippen molar-refractivity contribution in [3.63, 3.8) is 0 Å². The summed E-state index contributed by atoms with van der Waals surface area (Å²) in [5, 5.41) is 4.58. The Morgan fingerprint density at radius 1 is 1.29 bits per heavy atom. The fraction of sp³-hybridized carbons (Fsp3) is 0.385. The molecule has 4 heteroatoms. The summed E-state index contributed by atoms with van der Waals surface area (Å²) in [5.74, 6) is 0. The molecule has 0 fully saturated rings. The van der Waals surface area contributed by atoms with Crippen molar-refractivity contribution in [3.05, 3.63) is 35.4 Å². The van der Waals surface area contributed by atoms with Crippen molar-refractivity contribution in [2.75, 3.05) is 5.73 Å². The first-order chi connectivity index (χ1) is 8.19. The van der Waals surface area contributed by atoms with Gasteiger partial charge in [0.25, 0.3) is 0 Å². The predicted molar refractivity (Wildman–Crippen MR) is 69.3 cm³/mol. The van der Waals surface area contributed by atoms with Crippen LogP contribution in [-0.4, -0.2) is 14.8 Å². The SMILES string of the molecule is CCc1nn(-c2cnccc2C)c(CC)c1N. The van der Waals surface area contributed by atoms with Gasteiger partial charge in [0.05, 0.1) is 29.0 Å². The van der Waals surface area contributed by atoms with Crippen LogP contribution in [0.4, 0.5) is 5.69 Å². The predicted octanol–water partition coefficient (Wildman–Crippen LogP) is 2.28. The fourth-order valence-corrected chi connectivity index (χ4v) is 1.99. The Kier molecular flexibility index (Phi) is 3.13. The van der Waals surface area contributed by atoms with Crippen LogP contribution in [0, 0.1) is 6.92 Å². The maximum absolute atomic E-state index is 6.11. The summed E-state index contributed by atoms with van der Waals surface area (Å²) in [5.41, 5.74) is 11.1. The molecule has 0 aliphatic rings. The molecule has 2 N–H and O–H groups in total. The topological polar surface area (TPSA) is 56.7 Å². The van der Waals surface area contributed by atoms with Gasteiger partial charge in [-0.3, -0.25) is 4.98 Å². The lowest BCUT2D eigenvalue weighted by atomic mass is 10.2. The monoisotopic (exact) mass is 230 g/mol. The van der Waals surface area contributed by atoms with Crippen molar-refractivity contribution in [2.24, 2.45) is 0 Å². The molecule has 0 radical (unpaired) electrons. The van der Waals surface area contributed by atoms with E-state index in [0.717, 1.165) is 41.2 Å². The van der Waals surface area contributed by atoms with E-state index >= 15 is 0 Å². The second-order valence-electron chi connectivity index (χ2n) is 4.09. The van der Waals surface area contributed by atoms with Crippen LogP contribution in [0.5, 0.6) is 0 Å². The molecule has 0 bridgehead atoms. The number of hydrogen-bond acceptors (Lipinski definition) is 3. The third-order valence-electron chi connectivity index (χ3n) is 3.01. The third-order valence-corrected chi connectivity index (χ3v) is 3.01. The van der Waals surface area contributed by atoms with E-state index in [9.17, 15) is 0 Å². The van der Waals surface area contributed by atoms with Crippen LogP contribution in [0.2, 0.25) is 0 Å². The van der Waals surface area contributed by atoms with Crippen LogP contribution < -0.4 is 5.73 Å². The molecule has 90 valence electrons. The highest BCUT2D eigenvalue weighted by Gasteiger charge is 2.14. The lowest BCUT2D eigenvalue weighted by Gasteiger charge is -2.08. The van der Waals surface area contributed by atoms with Crippen LogP contribution in [0.3, 0.4) is 0 Å². The molecule has 2 aromatic rings. The van der Waals surface area contributed by atoms with Gasteiger partial charge >= 0.3 is 0 Å². The molecule has 0 amide bonds. The molecular weight excluding hydrogens is 212 g/mol. The average Bonchev–Trinajstić information content (AvgIpc) is 2.66. The zero-order valence-corrected chi connectivity index (χ0v) is 10.6. The summed E-state index contributed by atoms with van der Waals surface area (Å²) in [4.78, 5) is 4.16. The van der Waals surface area contributed by atoms with Crippen molar-refractivity contribution in [1.82, 2.24) is 14.8 Å². The van der Waals surface area contributed by atoms with Crippen LogP contribution in [-0.2, 0) is 12.8 Å². The van der Waals surface area contributed by atoms with Gasteiger partial charge < -0.3 is 5.73 Å². The molecular formula is C13H18N4. The summed E-state index contributed by atoms with van der Waals surface area (Å²) in [6, 6.07) is 1.98. The third kappa shape index (κ3) is 1.90. The number of rotatable bonds is 3. The van der Waals surface area contributed by atoms with E-state index in [-0.39, 0.29) is 0 Å². The summed E-state index contributed by atoms with van der Waals surface area (Å²) in [6.45, 7) is 6.22. The smallest absolute Gasteiger partial charge is 0.0862 e. The number of nitrogens with two attached hydrogens (primary N) is 1.